The third-order valence-corrected chi connectivity index (χ3v) is 1.52. The van der Waals surface area contributed by atoms with Crippen molar-refractivity contribution in [3.05, 3.63) is 0 Å². The van der Waals surface area contributed by atoms with Crippen LogP contribution in [0.2, 0.25) is 0 Å². The molecule has 12 heavy (non-hydrogen) atoms. The SMILES string of the molecule is COC1=NC(OC)C(=N)CN1N. The van der Waals surface area contributed by atoms with Crippen LogP contribution < -0.4 is 5.84 Å². The van der Waals surface area contributed by atoms with Crippen LogP contribution in [0.4, 0.5) is 0 Å². The largest absolute Gasteiger partial charge is 0.467 e. The number of aliphatic imine (C=N–C) groups is 1. The van der Waals surface area contributed by atoms with Crippen LogP contribution in [0.3, 0.4) is 0 Å². The normalized spacial score (nSPS) is 23.9. The van der Waals surface area contributed by atoms with E-state index in [2.05, 4.69) is 4.99 Å². The van der Waals surface area contributed by atoms with Crippen molar-refractivity contribution in [2.75, 3.05) is 20.8 Å². The molecular weight excluding hydrogens is 160 g/mol. The highest BCUT2D eigenvalue weighted by atomic mass is 16.5. The first-order valence-corrected chi connectivity index (χ1v) is 3.43. The maximum absolute atomic E-state index is 7.43. The van der Waals surface area contributed by atoms with E-state index in [4.69, 9.17) is 20.7 Å². The van der Waals surface area contributed by atoms with Crippen LogP contribution in [-0.2, 0) is 9.47 Å². The lowest BCUT2D eigenvalue weighted by Gasteiger charge is -2.26. The molecule has 1 aliphatic heterocycles. The molecule has 0 amide bonds. The Bertz CT molecular complexity index is 216. The summed E-state index contributed by atoms with van der Waals surface area (Å²) in [6, 6.07) is 0.290. The Morgan fingerprint density at radius 3 is 2.83 bits per heavy atom. The molecule has 0 bridgehead atoms. The van der Waals surface area contributed by atoms with Gasteiger partial charge in [0, 0.05) is 7.11 Å². The van der Waals surface area contributed by atoms with Crippen LogP contribution >= 0.6 is 0 Å². The zero-order chi connectivity index (χ0) is 9.14. The maximum Gasteiger partial charge on any atom is 0.304 e. The van der Waals surface area contributed by atoms with Gasteiger partial charge in [-0.1, -0.05) is 0 Å². The average molecular weight is 172 g/mol. The van der Waals surface area contributed by atoms with E-state index in [0.29, 0.717) is 5.71 Å². The molecule has 0 radical (unpaired) electrons. The van der Waals surface area contributed by atoms with E-state index >= 15 is 0 Å². The fourth-order valence-corrected chi connectivity index (χ4v) is 0.947. The number of ether oxygens (including phenoxy) is 2. The van der Waals surface area contributed by atoms with E-state index in [0.717, 1.165) is 0 Å². The lowest BCUT2D eigenvalue weighted by molar-refractivity contribution is 0.144. The summed E-state index contributed by atoms with van der Waals surface area (Å²) in [5, 5.41) is 8.69. The van der Waals surface area contributed by atoms with Crippen LogP contribution in [0.15, 0.2) is 4.99 Å². The van der Waals surface area contributed by atoms with Crippen molar-refractivity contribution in [3.8, 4) is 0 Å². The molecule has 0 aliphatic carbocycles. The molecule has 0 aromatic carbocycles. The molecule has 0 saturated carbocycles. The van der Waals surface area contributed by atoms with Crippen molar-refractivity contribution in [2.45, 2.75) is 6.23 Å². The summed E-state index contributed by atoms with van der Waals surface area (Å²) in [4.78, 5) is 3.93. The van der Waals surface area contributed by atoms with E-state index < -0.39 is 6.23 Å². The smallest absolute Gasteiger partial charge is 0.304 e. The molecular formula is C6H12N4O2. The molecule has 6 heteroatoms. The first kappa shape index (κ1) is 8.95. The number of rotatable bonds is 1. The molecule has 1 heterocycles. The second kappa shape index (κ2) is 3.51. The quantitative estimate of drug-likeness (QED) is 0.506. The molecule has 1 atom stereocenters. The Hall–Kier alpha value is -1.14. The topological polar surface area (TPSA) is 83.9 Å². The predicted molar refractivity (Wildman–Crippen MR) is 43.9 cm³/mol. The molecule has 0 saturated heterocycles. The summed E-state index contributed by atoms with van der Waals surface area (Å²) in [5.41, 5.74) is 0.320. The van der Waals surface area contributed by atoms with Gasteiger partial charge in [-0.25, -0.2) is 5.84 Å². The van der Waals surface area contributed by atoms with Gasteiger partial charge in [0.2, 0.25) is 0 Å². The standard InChI is InChI=1S/C6H12N4O2/c1-11-5-4(7)3-10(8)6(9-5)12-2/h5,7H,3,8H2,1-2H3. The Balaban J connectivity index is 2.79. The van der Waals surface area contributed by atoms with Gasteiger partial charge in [-0.2, -0.15) is 4.99 Å². The van der Waals surface area contributed by atoms with Crippen LogP contribution in [-0.4, -0.2) is 43.7 Å². The van der Waals surface area contributed by atoms with Gasteiger partial charge in [0.1, 0.15) is 0 Å². The number of nitrogens with one attached hydrogen (secondary N) is 1. The number of hydrazine groups is 1. The minimum Gasteiger partial charge on any atom is -0.467 e. The third kappa shape index (κ3) is 1.54. The van der Waals surface area contributed by atoms with E-state index in [-0.39, 0.29) is 12.6 Å². The zero-order valence-corrected chi connectivity index (χ0v) is 7.07. The maximum atomic E-state index is 7.43. The van der Waals surface area contributed by atoms with E-state index in [9.17, 15) is 0 Å². The van der Waals surface area contributed by atoms with Crippen LogP contribution in [0.5, 0.6) is 0 Å². The monoisotopic (exact) mass is 172 g/mol. The molecule has 1 unspecified atom stereocenters. The zero-order valence-electron chi connectivity index (χ0n) is 7.07. The summed E-state index contributed by atoms with van der Waals surface area (Å²) in [5.74, 6) is 5.48. The fraction of sp³-hybridized carbons (Fsp3) is 0.667. The lowest BCUT2D eigenvalue weighted by atomic mass is 10.3. The second-order valence-corrected chi connectivity index (χ2v) is 2.36. The van der Waals surface area contributed by atoms with Gasteiger partial charge < -0.3 is 14.9 Å². The van der Waals surface area contributed by atoms with Crippen molar-refractivity contribution in [2.24, 2.45) is 10.8 Å². The van der Waals surface area contributed by atoms with Gasteiger partial charge >= 0.3 is 6.02 Å². The molecule has 3 N–H and O–H groups in total. The first-order chi connectivity index (χ1) is 5.69. The number of nitrogens with zero attached hydrogens (tertiary/aromatic N) is 2. The van der Waals surface area contributed by atoms with Crippen LogP contribution in [0, 0.1) is 5.41 Å². The number of hydrogen-bond acceptors (Lipinski definition) is 6. The van der Waals surface area contributed by atoms with Crippen molar-refractivity contribution in [1.29, 1.82) is 5.41 Å². The number of nitrogens with two attached hydrogens (primary N) is 1. The number of hydrogen-bond donors (Lipinski definition) is 2. The summed E-state index contributed by atoms with van der Waals surface area (Å²) in [7, 11) is 2.96. The van der Waals surface area contributed by atoms with Gasteiger partial charge in [-0.05, 0) is 0 Å². The Kier molecular flexibility index (Phi) is 2.61. The van der Waals surface area contributed by atoms with Gasteiger partial charge in [0.15, 0.2) is 6.23 Å². The molecule has 0 aromatic heterocycles. The lowest BCUT2D eigenvalue weighted by Crippen LogP contribution is -2.49. The fourth-order valence-electron chi connectivity index (χ4n) is 0.947. The van der Waals surface area contributed by atoms with E-state index in [1.807, 2.05) is 0 Å². The highest BCUT2D eigenvalue weighted by Crippen LogP contribution is 2.04. The minimum absolute atomic E-state index is 0.283. The average Bonchev–Trinajstić information content (AvgIpc) is 2.05. The third-order valence-electron chi connectivity index (χ3n) is 1.52. The highest BCUT2D eigenvalue weighted by molar-refractivity contribution is 5.94. The Labute approximate surface area is 70.4 Å². The molecule has 0 spiro atoms. The highest BCUT2D eigenvalue weighted by Gasteiger charge is 2.24. The van der Waals surface area contributed by atoms with Crippen LogP contribution in [0.1, 0.15) is 0 Å². The van der Waals surface area contributed by atoms with Crippen molar-refractivity contribution in [3.63, 3.8) is 0 Å². The van der Waals surface area contributed by atoms with Gasteiger partial charge in [-0.3, -0.25) is 5.01 Å². The van der Waals surface area contributed by atoms with Crippen molar-refractivity contribution >= 4 is 11.7 Å². The van der Waals surface area contributed by atoms with Crippen LogP contribution in [0.25, 0.3) is 0 Å². The molecule has 0 aromatic rings. The molecule has 68 valence electrons. The van der Waals surface area contributed by atoms with Gasteiger partial charge in [0.05, 0.1) is 19.4 Å². The minimum atomic E-state index is -0.556. The molecule has 1 rings (SSSR count). The Morgan fingerprint density at radius 2 is 2.33 bits per heavy atom. The number of amidine groups is 1. The molecule has 0 fully saturated rings. The molecule has 6 nitrogen and oxygen atoms in total. The van der Waals surface area contributed by atoms with Crippen molar-refractivity contribution < 1.29 is 9.47 Å². The van der Waals surface area contributed by atoms with E-state index in [1.165, 1.54) is 19.2 Å². The summed E-state index contributed by atoms with van der Waals surface area (Å²) in [6.45, 7) is 0.283. The summed E-state index contributed by atoms with van der Waals surface area (Å²) < 4.78 is 9.77. The van der Waals surface area contributed by atoms with Gasteiger partial charge in [0.25, 0.3) is 0 Å². The summed E-state index contributed by atoms with van der Waals surface area (Å²) in [6.07, 6.45) is -0.556. The first-order valence-electron chi connectivity index (χ1n) is 3.43. The molecule has 1 aliphatic rings. The number of methoxy groups -OCH3 is 2. The predicted octanol–water partition coefficient (Wildman–Crippen LogP) is -0.830. The second-order valence-electron chi connectivity index (χ2n) is 2.36. The van der Waals surface area contributed by atoms with Crippen molar-refractivity contribution in [1.82, 2.24) is 5.01 Å². The van der Waals surface area contributed by atoms with E-state index in [1.54, 1.807) is 0 Å². The summed E-state index contributed by atoms with van der Waals surface area (Å²) >= 11 is 0. The Morgan fingerprint density at radius 1 is 1.67 bits per heavy atom. The van der Waals surface area contributed by atoms with Gasteiger partial charge in [-0.15, -0.1) is 0 Å².